The van der Waals surface area contributed by atoms with E-state index in [1.807, 2.05) is 24.4 Å². The Bertz CT molecular complexity index is 846. The summed E-state index contributed by atoms with van der Waals surface area (Å²) >= 11 is 0. The van der Waals surface area contributed by atoms with Crippen LogP contribution in [0.5, 0.6) is 11.6 Å². The predicted molar refractivity (Wildman–Crippen MR) is 124 cm³/mol. The summed E-state index contributed by atoms with van der Waals surface area (Å²) in [5.74, 6) is 1.37. The molecule has 1 heterocycles. The van der Waals surface area contributed by atoms with Crippen LogP contribution in [0.2, 0.25) is 0 Å². The molecule has 3 rings (SSSR count). The maximum atomic E-state index is 5.93. The lowest BCUT2D eigenvalue weighted by atomic mass is 10.0. The molecule has 3 aromatic rings. The van der Waals surface area contributed by atoms with Gasteiger partial charge in [0.15, 0.2) is 0 Å². The van der Waals surface area contributed by atoms with Crippen molar-refractivity contribution in [3.63, 3.8) is 0 Å². The van der Waals surface area contributed by atoms with Gasteiger partial charge in [0.25, 0.3) is 0 Å². The van der Waals surface area contributed by atoms with Crippen LogP contribution in [0.15, 0.2) is 67.0 Å². The van der Waals surface area contributed by atoms with Crippen molar-refractivity contribution in [2.75, 3.05) is 0 Å². The Morgan fingerprint density at radius 2 is 1.37 bits per heavy atom. The van der Waals surface area contributed by atoms with E-state index in [0.717, 1.165) is 30.7 Å². The Labute approximate surface area is 181 Å². The molecule has 3 heteroatoms. The molecule has 0 fully saturated rings. The third-order valence-electron chi connectivity index (χ3n) is 5.39. The predicted octanol–water partition coefficient (Wildman–Crippen LogP) is 7.35. The molecule has 0 N–H and O–H groups in total. The van der Waals surface area contributed by atoms with Crippen LogP contribution in [0.4, 0.5) is 0 Å². The number of nitrogens with zero attached hydrogens (tertiary/aromatic N) is 2. The van der Waals surface area contributed by atoms with Crippen molar-refractivity contribution < 1.29 is 4.74 Å². The van der Waals surface area contributed by atoms with Gasteiger partial charge in [-0.3, -0.25) is 4.98 Å². The topological polar surface area (TPSA) is 35.0 Å². The number of benzene rings is 2. The Morgan fingerprint density at radius 1 is 0.667 bits per heavy atom. The zero-order valence-electron chi connectivity index (χ0n) is 18.2. The van der Waals surface area contributed by atoms with Gasteiger partial charge in [-0.25, -0.2) is 4.98 Å². The molecule has 0 aliphatic carbocycles. The van der Waals surface area contributed by atoms with Crippen molar-refractivity contribution in [1.29, 1.82) is 0 Å². The summed E-state index contributed by atoms with van der Waals surface area (Å²) in [5, 5.41) is 0. The van der Waals surface area contributed by atoms with Crippen molar-refractivity contribution in [3.05, 3.63) is 83.8 Å². The minimum atomic E-state index is 0.556. The van der Waals surface area contributed by atoms with Gasteiger partial charge in [0.2, 0.25) is 5.88 Å². The Hall–Kier alpha value is -2.68. The van der Waals surface area contributed by atoms with Gasteiger partial charge in [0.1, 0.15) is 5.75 Å². The first-order chi connectivity index (χ1) is 14.8. The van der Waals surface area contributed by atoms with Crippen molar-refractivity contribution in [2.45, 2.75) is 71.1 Å². The highest BCUT2D eigenvalue weighted by Gasteiger charge is 2.03. The first-order valence-electron chi connectivity index (χ1n) is 11.4. The number of hydrogen-bond acceptors (Lipinski definition) is 3. The molecule has 30 heavy (non-hydrogen) atoms. The zero-order valence-corrected chi connectivity index (χ0v) is 18.2. The maximum absolute atomic E-state index is 5.93. The normalized spacial score (nSPS) is 10.8. The highest BCUT2D eigenvalue weighted by Crippen LogP contribution is 2.21. The molecule has 3 nitrogen and oxygen atoms in total. The van der Waals surface area contributed by atoms with Crippen LogP contribution in [0.3, 0.4) is 0 Å². The number of hydrogen-bond donors (Lipinski definition) is 0. The minimum Gasteiger partial charge on any atom is -0.437 e. The fraction of sp³-hybridized carbons (Fsp3) is 0.407. The van der Waals surface area contributed by atoms with Gasteiger partial charge in [-0.15, -0.1) is 0 Å². The van der Waals surface area contributed by atoms with E-state index < -0.39 is 0 Å². The van der Waals surface area contributed by atoms with Crippen molar-refractivity contribution in [2.24, 2.45) is 0 Å². The standard InChI is InChI=1S/C27H34N2O/c1-2-3-4-5-6-7-9-14-24-16-19-26(20-17-24)30-27-22-28-21-25(29-27)18-15-23-12-10-8-11-13-23/h8,10-13,16-17,19-22H,2-7,9,14-15,18H2,1H3. The van der Waals surface area contributed by atoms with Crippen LogP contribution in [-0.4, -0.2) is 9.97 Å². The lowest BCUT2D eigenvalue weighted by Crippen LogP contribution is -1.98. The number of ether oxygens (including phenoxy) is 1. The van der Waals surface area contributed by atoms with E-state index >= 15 is 0 Å². The van der Waals surface area contributed by atoms with Crippen LogP contribution < -0.4 is 4.74 Å². The van der Waals surface area contributed by atoms with Crippen LogP contribution in [0.25, 0.3) is 0 Å². The van der Waals surface area contributed by atoms with E-state index in [1.54, 1.807) is 6.20 Å². The molecular formula is C27H34N2O. The molecule has 0 saturated carbocycles. The average Bonchev–Trinajstić information content (AvgIpc) is 2.79. The van der Waals surface area contributed by atoms with Gasteiger partial charge in [-0.2, -0.15) is 0 Å². The Kier molecular flexibility index (Phi) is 9.39. The summed E-state index contributed by atoms with van der Waals surface area (Å²) in [4.78, 5) is 8.91. The van der Waals surface area contributed by atoms with Crippen LogP contribution >= 0.6 is 0 Å². The monoisotopic (exact) mass is 402 g/mol. The largest absolute Gasteiger partial charge is 0.437 e. The van der Waals surface area contributed by atoms with Gasteiger partial charge in [-0.1, -0.05) is 87.9 Å². The summed E-state index contributed by atoms with van der Waals surface area (Å²) in [6, 6.07) is 18.9. The minimum absolute atomic E-state index is 0.556. The van der Waals surface area contributed by atoms with Gasteiger partial charge in [0.05, 0.1) is 11.9 Å². The van der Waals surface area contributed by atoms with Gasteiger partial charge in [0, 0.05) is 6.20 Å². The highest BCUT2D eigenvalue weighted by atomic mass is 16.5. The van der Waals surface area contributed by atoms with Crippen LogP contribution in [0.1, 0.15) is 68.7 Å². The number of aromatic nitrogens is 2. The molecule has 0 unspecified atom stereocenters. The van der Waals surface area contributed by atoms with E-state index in [-0.39, 0.29) is 0 Å². The molecule has 0 bridgehead atoms. The van der Waals surface area contributed by atoms with Gasteiger partial charge >= 0.3 is 0 Å². The lowest BCUT2D eigenvalue weighted by molar-refractivity contribution is 0.457. The van der Waals surface area contributed by atoms with Crippen LogP contribution in [0, 0.1) is 0 Å². The Balaban J connectivity index is 1.42. The third-order valence-corrected chi connectivity index (χ3v) is 5.39. The number of aryl methyl sites for hydroxylation is 3. The average molecular weight is 403 g/mol. The SMILES string of the molecule is CCCCCCCCCc1ccc(Oc2cncc(CCc3ccccc3)n2)cc1. The van der Waals surface area contributed by atoms with E-state index in [9.17, 15) is 0 Å². The van der Waals surface area contributed by atoms with E-state index in [0.29, 0.717) is 5.88 Å². The fourth-order valence-electron chi connectivity index (χ4n) is 3.60. The van der Waals surface area contributed by atoms with Crippen molar-refractivity contribution in [3.8, 4) is 11.6 Å². The first kappa shape index (κ1) is 22.0. The molecule has 0 atom stereocenters. The number of rotatable bonds is 13. The summed E-state index contributed by atoms with van der Waals surface area (Å²) in [6.07, 6.45) is 15.9. The molecule has 1 aromatic heterocycles. The molecule has 0 saturated heterocycles. The summed E-state index contributed by atoms with van der Waals surface area (Å²) < 4.78 is 5.93. The van der Waals surface area contributed by atoms with Crippen molar-refractivity contribution in [1.82, 2.24) is 9.97 Å². The fourth-order valence-corrected chi connectivity index (χ4v) is 3.60. The second-order valence-electron chi connectivity index (χ2n) is 7.95. The van der Waals surface area contributed by atoms with Crippen molar-refractivity contribution >= 4 is 0 Å². The molecule has 0 spiro atoms. The smallest absolute Gasteiger partial charge is 0.238 e. The summed E-state index contributed by atoms with van der Waals surface area (Å²) in [5.41, 5.74) is 3.63. The first-order valence-corrected chi connectivity index (χ1v) is 11.4. The van der Waals surface area contributed by atoms with Crippen LogP contribution in [-0.2, 0) is 19.3 Å². The van der Waals surface area contributed by atoms with E-state index in [1.165, 1.54) is 56.1 Å². The molecular weight excluding hydrogens is 368 g/mol. The van der Waals surface area contributed by atoms with Gasteiger partial charge < -0.3 is 4.74 Å². The third kappa shape index (κ3) is 7.98. The molecule has 158 valence electrons. The zero-order chi connectivity index (χ0) is 20.9. The molecule has 0 amide bonds. The highest BCUT2D eigenvalue weighted by molar-refractivity contribution is 5.30. The molecule has 0 radical (unpaired) electrons. The second-order valence-corrected chi connectivity index (χ2v) is 7.95. The van der Waals surface area contributed by atoms with E-state index in [2.05, 4.69) is 53.3 Å². The molecule has 2 aromatic carbocycles. The van der Waals surface area contributed by atoms with E-state index in [4.69, 9.17) is 4.74 Å². The molecule has 0 aliphatic heterocycles. The number of unbranched alkanes of at least 4 members (excludes halogenated alkanes) is 6. The summed E-state index contributed by atoms with van der Waals surface area (Å²) in [7, 11) is 0. The maximum Gasteiger partial charge on any atom is 0.238 e. The summed E-state index contributed by atoms with van der Waals surface area (Å²) in [6.45, 7) is 2.27. The lowest BCUT2D eigenvalue weighted by Gasteiger charge is -2.08. The quantitative estimate of drug-likeness (QED) is 0.280. The van der Waals surface area contributed by atoms with Gasteiger partial charge in [-0.05, 0) is 48.9 Å². The second kappa shape index (κ2) is 12.8. The Morgan fingerprint density at radius 3 is 2.13 bits per heavy atom. The molecule has 0 aliphatic rings.